The number of nitrogens with zero attached hydrogens (tertiary/aromatic N) is 3. The molecule has 0 unspecified atom stereocenters. The number of aromatic nitrogens is 3. The van der Waals surface area contributed by atoms with Crippen LogP contribution in [0.3, 0.4) is 0 Å². The monoisotopic (exact) mass is 345 g/mol. The normalized spacial score (nSPS) is 15.0. The number of methoxy groups -OCH3 is 2. The number of carbonyl (C=O) groups is 1. The van der Waals surface area contributed by atoms with Crippen molar-refractivity contribution in [2.45, 2.75) is 38.1 Å². The van der Waals surface area contributed by atoms with Gasteiger partial charge in [0.1, 0.15) is 17.2 Å². The molecule has 1 aromatic carbocycles. The van der Waals surface area contributed by atoms with Gasteiger partial charge in [0.25, 0.3) is 5.91 Å². The first-order chi connectivity index (χ1) is 12.1. The number of nitrogens with two attached hydrogens (primary N) is 1. The maximum Gasteiger partial charge on any atom is 0.275 e. The van der Waals surface area contributed by atoms with Gasteiger partial charge in [-0.3, -0.25) is 4.79 Å². The van der Waals surface area contributed by atoms with E-state index < -0.39 is 0 Å². The zero-order valence-electron chi connectivity index (χ0n) is 14.5. The number of nitrogens with one attached hydrogen (secondary N) is 1. The van der Waals surface area contributed by atoms with Crippen LogP contribution in [0.4, 0.5) is 5.82 Å². The number of hydrogen-bond donors (Lipinski definition) is 2. The molecule has 1 aliphatic carbocycles. The minimum Gasteiger partial charge on any atom is -0.497 e. The fourth-order valence-electron chi connectivity index (χ4n) is 3.09. The molecule has 0 bridgehead atoms. The van der Waals surface area contributed by atoms with E-state index in [1.165, 1.54) is 11.1 Å². The lowest BCUT2D eigenvalue weighted by atomic mass is 9.95. The van der Waals surface area contributed by atoms with E-state index in [0.29, 0.717) is 17.2 Å². The van der Waals surface area contributed by atoms with Crippen molar-refractivity contribution >= 4 is 11.7 Å². The van der Waals surface area contributed by atoms with E-state index >= 15 is 0 Å². The van der Waals surface area contributed by atoms with Crippen molar-refractivity contribution in [1.29, 1.82) is 0 Å². The van der Waals surface area contributed by atoms with E-state index in [1.54, 1.807) is 32.4 Å². The first-order valence-corrected chi connectivity index (χ1v) is 8.38. The zero-order valence-corrected chi connectivity index (χ0v) is 14.5. The minimum absolute atomic E-state index is 0.121. The number of ether oxygens (including phenoxy) is 2. The highest BCUT2D eigenvalue weighted by Gasteiger charge is 2.23. The molecule has 1 aliphatic rings. The van der Waals surface area contributed by atoms with Gasteiger partial charge in [0.15, 0.2) is 11.5 Å². The third-order valence-corrected chi connectivity index (χ3v) is 4.47. The third-order valence-electron chi connectivity index (χ3n) is 4.47. The minimum atomic E-state index is -0.294. The molecule has 3 N–H and O–H groups in total. The number of rotatable bonds is 5. The molecule has 8 nitrogen and oxygen atoms in total. The number of carbonyl (C=O) groups excluding carboxylic acids is 1. The summed E-state index contributed by atoms with van der Waals surface area (Å²) in [6.45, 7) is 0. The van der Waals surface area contributed by atoms with Gasteiger partial charge in [-0.1, -0.05) is 24.5 Å². The lowest BCUT2D eigenvalue weighted by Gasteiger charge is -2.22. The smallest absolute Gasteiger partial charge is 0.275 e. The molecule has 2 aromatic rings. The van der Waals surface area contributed by atoms with Gasteiger partial charge >= 0.3 is 0 Å². The van der Waals surface area contributed by atoms with Gasteiger partial charge in [-0.05, 0) is 25.0 Å². The lowest BCUT2D eigenvalue weighted by molar-refractivity contribution is 0.0923. The van der Waals surface area contributed by atoms with E-state index in [-0.39, 0.29) is 23.5 Å². The number of amides is 1. The van der Waals surface area contributed by atoms with Gasteiger partial charge in [0.05, 0.1) is 14.2 Å². The topological polar surface area (TPSA) is 104 Å². The molecular weight excluding hydrogens is 322 g/mol. The van der Waals surface area contributed by atoms with Crippen molar-refractivity contribution < 1.29 is 14.3 Å². The third kappa shape index (κ3) is 3.52. The molecule has 0 radical (unpaired) electrons. The van der Waals surface area contributed by atoms with Crippen molar-refractivity contribution in [1.82, 2.24) is 20.3 Å². The SMILES string of the molecule is COc1ccc(OC)c(-n2nnc(C(=O)NC3CCCCC3)c2N)c1. The van der Waals surface area contributed by atoms with Crippen LogP contribution in [0.1, 0.15) is 42.6 Å². The van der Waals surface area contributed by atoms with Crippen LogP contribution in [0.5, 0.6) is 11.5 Å². The van der Waals surface area contributed by atoms with Crippen LogP contribution >= 0.6 is 0 Å². The second-order valence-corrected chi connectivity index (χ2v) is 6.08. The van der Waals surface area contributed by atoms with Crippen molar-refractivity contribution in [3.8, 4) is 17.2 Å². The Morgan fingerprint density at radius 1 is 1.24 bits per heavy atom. The van der Waals surface area contributed by atoms with Crippen LogP contribution in [0.25, 0.3) is 5.69 Å². The molecule has 25 heavy (non-hydrogen) atoms. The number of hydrogen-bond acceptors (Lipinski definition) is 6. The molecule has 1 fully saturated rings. The first kappa shape index (κ1) is 17.1. The highest BCUT2D eigenvalue weighted by molar-refractivity contribution is 5.96. The summed E-state index contributed by atoms with van der Waals surface area (Å²) in [5.41, 5.74) is 6.82. The molecule has 1 heterocycles. The molecule has 3 rings (SSSR count). The van der Waals surface area contributed by atoms with Crippen molar-refractivity contribution in [2.24, 2.45) is 0 Å². The largest absolute Gasteiger partial charge is 0.497 e. The molecular formula is C17H23N5O3. The molecule has 0 aliphatic heterocycles. The Morgan fingerprint density at radius 2 is 2.00 bits per heavy atom. The van der Waals surface area contributed by atoms with Crippen LogP contribution in [-0.2, 0) is 0 Å². The lowest BCUT2D eigenvalue weighted by Crippen LogP contribution is -2.36. The Morgan fingerprint density at radius 3 is 2.68 bits per heavy atom. The Labute approximate surface area is 146 Å². The molecule has 0 saturated heterocycles. The van der Waals surface area contributed by atoms with Crippen LogP contribution in [-0.4, -0.2) is 41.2 Å². The molecule has 0 atom stereocenters. The summed E-state index contributed by atoms with van der Waals surface area (Å²) in [6.07, 6.45) is 5.47. The summed E-state index contributed by atoms with van der Waals surface area (Å²) in [4.78, 5) is 12.5. The van der Waals surface area contributed by atoms with Crippen LogP contribution < -0.4 is 20.5 Å². The van der Waals surface area contributed by atoms with Crippen molar-refractivity contribution in [3.63, 3.8) is 0 Å². The zero-order chi connectivity index (χ0) is 17.8. The van der Waals surface area contributed by atoms with E-state index in [0.717, 1.165) is 25.7 Å². The van der Waals surface area contributed by atoms with E-state index in [2.05, 4.69) is 15.6 Å². The average molecular weight is 345 g/mol. The van der Waals surface area contributed by atoms with Crippen LogP contribution in [0, 0.1) is 0 Å². The highest BCUT2D eigenvalue weighted by Crippen LogP contribution is 2.29. The summed E-state index contributed by atoms with van der Waals surface area (Å²) < 4.78 is 12.0. The van der Waals surface area contributed by atoms with Crippen molar-refractivity contribution in [2.75, 3.05) is 20.0 Å². The number of nitrogen functional groups attached to an aromatic ring is 1. The number of anilines is 1. The predicted molar refractivity (Wildman–Crippen MR) is 93.2 cm³/mol. The fraction of sp³-hybridized carbons (Fsp3) is 0.471. The Bertz CT molecular complexity index is 753. The van der Waals surface area contributed by atoms with Gasteiger partial charge in [-0.2, -0.15) is 4.68 Å². The average Bonchev–Trinajstić information content (AvgIpc) is 3.03. The Kier molecular flexibility index (Phi) is 5.06. The summed E-state index contributed by atoms with van der Waals surface area (Å²) in [5, 5.41) is 11.0. The second-order valence-electron chi connectivity index (χ2n) is 6.08. The molecule has 8 heteroatoms. The van der Waals surface area contributed by atoms with Gasteiger partial charge in [0, 0.05) is 12.1 Å². The Hall–Kier alpha value is -2.77. The van der Waals surface area contributed by atoms with Gasteiger partial charge in [0.2, 0.25) is 0 Å². The molecule has 1 amide bonds. The maximum absolute atomic E-state index is 12.5. The summed E-state index contributed by atoms with van der Waals surface area (Å²) >= 11 is 0. The molecule has 1 aromatic heterocycles. The first-order valence-electron chi connectivity index (χ1n) is 8.38. The van der Waals surface area contributed by atoms with Gasteiger partial charge < -0.3 is 20.5 Å². The van der Waals surface area contributed by atoms with Gasteiger partial charge in [-0.15, -0.1) is 5.10 Å². The van der Waals surface area contributed by atoms with Crippen LogP contribution in [0.15, 0.2) is 18.2 Å². The molecule has 0 spiro atoms. The van der Waals surface area contributed by atoms with E-state index in [1.807, 2.05) is 0 Å². The van der Waals surface area contributed by atoms with Crippen LogP contribution in [0.2, 0.25) is 0 Å². The van der Waals surface area contributed by atoms with Gasteiger partial charge in [-0.25, -0.2) is 0 Å². The highest BCUT2D eigenvalue weighted by atomic mass is 16.5. The standard InChI is InChI=1S/C17H23N5O3/c1-24-12-8-9-14(25-2)13(10-12)22-16(18)15(20-21-22)17(23)19-11-6-4-3-5-7-11/h8-11H,3-7,18H2,1-2H3,(H,19,23). The number of benzene rings is 1. The maximum atomic E-state index is 12.5. The second kappa shape index (κ2) is 7.42. The Balaban J connectivity index is 1.87. The molecule has 1 saturated carbocycles. The predicted octanol–water partition coefficient (Wildman–Crippen LogP) is 1.93. The summed E-state index contributed by atoms with van der Waals surface area (Å²) in [7, 11) is 3.12. The summed E-state index contributed by atoms with van der Waals surface area (Å²) in [6, 6.07) is 5.42. The quantitative estimate of drug-likeness (QED) is 0.858. The van der Waals surface area contributed by atoms with Crippen molar-refractivity contribution in [3.05, 3.63) is 23.9 Å². The molecule has 134 valence electrons. The fourth-order valence-corrected chi connectivity index (χ4v) is 3.09. The van der Waals surface area contributed by atoms with E-state index in [4.69, 9.17) is 15.2 Å². The van der Waals surface area contributed by atoms with E-state index in [9.17, 15) is 4.79 Å². The summed E-state index contributed by atoms with van der Waals surface area (Å²) in [5.74, 6) is 1.05.